The van der Waals surface area contributed by atoms with Crippen molar-refractivity contribution >= 4 is 41.1 Å². The van der Waals surface area contributed by atoms with E-state index in [2.05, 4.69) is 5.32 Å². The van der Waals surface area contributed by atoms with Gasteiger partial charge < -0.3 is 15.0 Å². The van der Waals surface area contributed by atoms with E-state index in [0.29, 0.717) is 0 Å². The number of rotatable bonds is 7. The topological polar surface area (TPSA) is 75.7 Å². The average Bonchev–Trinajstić information content (AvgIpc) is 3.07. The van der Waals surface area contributed by atoms with Crippen LogP contribution < -0.4 is 5.32 Å². The van der Waals surface area contributed by atoms with E-state index in [0.717, 1.165) is 11.1 Å². The second-order valence-corrected chi connectivity index (χ2v) is 9.82. The molecule has 2 amide bonds. The minimum absolute atomic E-state index is 0.128. The molecule has 2 aliphatic heterocycles. The third kappa shape index (κ3) is 4.29. The number of ether oxygens (including phenoxy) is 1. The number of hydrogen-bond acceptors (Lipinski definition) is 5. The van der Waals surface area contributed by atoms with Gasteiger partial charge in [0.25, 0.3) is 0 Å². The molecule has 0 radical (unpaired) electrons. The zero-order chi connectivity index (χ0) is 22.0. The highest BCUT2D eigenvalue weighted by molar-refractivity contribution is 8.01. The Morgan fingerprint density at radius 3 is 2.32 bits per heavy atom. The fraction of sp³-hybridized carbons (Fsp3) is 0.348. The first-order chi connectivity index (χ1) is 14.9. The van der Waals surface area contributed by atoms with Crippen molar-refractivity contribution in [3.8, 4) is 0 Å². The van der Waals surface area contributed by atoms with Gasteiger partial charge in [-0.3, -0.25) is 9.59 Å². The number of fused-ring (bicyclic) bond motifs is 1. The number of halogens is 1. The summed E-state index contributed by atoms with van der Waals surface area (Å²) in [5.74, 6) is -0.820. The molecule has 0 bridgehead atoms. The lowest BCUT2D eigenvalue weighted by Crippen LogP contribution is -2.71. The highest BCUT2D eigenvalue weighted by Crippen LogP contribution is 2.51. The van der Waals surface area contributed by atoms with E-state index in [9.17, 15) is 14.4 Å². The van der Waals surface area contributed by atoms with Gasteiger partial charge in [0, 0.05) is 5.88 Å². The summed E-state index contributed by atoms with van der Waals surface area (Å²) in [6.07, 6.45) is 0.192. The van der Waals surface area contributed by atoms with Crippen LogP contribution in [0.1, 0.15) is 18.1 Å². The molecule has 31 heavy (non-hydrogen) atoms. The van der Waals surface area contributed by atoms with Crippen molar-refractivity contribution in [2.45, 2.75) is 42.2 Å². The van der Waals surface area contributed by atoms with Gasteiger partial charge >= 0.3 is 5.97 Å². The van der Waals surface area contributed by atoms with Crippen LogP contribution in [0.25, 0.3) is 0 Å². The lowest BCUT2D eigenvalue weighted by molar-refractivity contribution is -0.165. The molecule has 162 valence electrons. The summed E-state index contributed by atoms with van der Waals surface area (Å²) < 4.78 is 4.81. The number of benzene rings is 2. The van der Waals surface area contributed by atoms with Gasteiger partial charge in [0.05, 0.1) is 11.2 Å². The van der Waals surface area contributed by atoms with Crippen LogP contribution in [0.2, 0.25) is 0 Å². The molecule has 0 aliphatic carbocycles. The third-order valence-corrected chi connectivity index (χ3v) is 7.92. The van der Waals surface area contributed by atoms with Crippen LogP contribution >= 0.6 is 23.4 Å². The summed E-state index contributed by atoms with van der Waals surface area (Å²) in [6.45, 7) is 1.98. The molecular weight excluding hydrogens is 436 g/mol. The smallest absolute Gasteiger partial charge is 0.330 e. The number of carbonyl (C=O) groups is 3. The maximum absolute atomic E-state index is 12.9. The van der Waals surface area contributed by atoms with E-state index in [1.807, 2.05) is 67.6 Å². The van der Waals surface area contributed by atoms with Crippen LogP contribution in [-0.4, -0.2) is 50.8 Å². The van der Waals surface area contributed by atoms with Crippen molar-refractivity contribution in [2.75, 3.05) is 5.88 Å². The molecular formula is C23H23ClN2O4S. The maximum atomic E-state index is 12.9. The number of carbonyl (C=O) groups excluding carboxylic acids is 3. The van der Waals surface area contributed by atoms with Crippen LogP contribution in [0.4, 0.5) is 0 Å². The Kier molecular flexibility index (Phi) is 6.25. The largest absolute Gasteiger partial charge is 0.459 e. The molecule has 4 atom stereocenters. The molecule has 2 aromatic carbocycles. The summed E-state index contributed by atoms with van der Waals surface area (Å²) in [6, 6.07) is 17.2. The Labute approximate surface area is 190 Å². The minimum Gasteiger partial charge on any atom is -0.459 e. The number of β-lactam (4-membered cyclic amide) rings is 1. The van der Waals surface area contributed by atoms with Crippen molar-refractivity contribution in [1.82, 2.24) is 10.2 Å². The zero-order valence-corrected chi connectivity index (χ0v) is 18.6. The normalized spacial score (nSPS) is 26.7. The fourth-order valence-corrected chi connectivity index (χ4v) is 5.88. The van der Waals surface area contributed by atoms with E-state index >= 15 is 0 Å². The van der Waals surface area contributed by atoms with Crippen molar-refractivity contribution in [2.24, 2.45) is 0 Å². The fourth-order valence-electron chi connectivity index (χ4n) is 3.93. The van der Waals surface area contributed by atoms with Gasteiger partial charge in [0.1, 0.15) is 24.1 Å². The molecule has 0 aromatic heterocycles. The number of thioether (sulfide) groups is 1. The number of esters is 1. The number of hydrogen-bond donors (Lipinski definition) is 1. The molecule has 0 saturated carbocycles. The van der Waals surface area contributed by atoms with E-state index in [4.69, 9.17) is 16.3 Å². The van der Waals surface area contributed by atoms with Crippen molar-refractivity contribution in [3.05, 3.63) is 71.8 Å². The Bertz CT molecular complexity index is 974. The van der Waals surface area contributed by atoms with Crippen LogP contribution in [0, 0.1) is 0 Å². The monoisotopic (exact) mass is 458 g/mol. The van der Waals surface area contributed by atoms with Gasteiger partial charge in [-0.2, -0.15) is 0 Å². The molecule has 2 aliphatic rings. The van der Waals surface area contributed by atoms with Crippen LogP contribution in [0.5, 0.6) is 0 Å². The van der Waals surface area contributed by atoms with Crippen LogP contribution in [0.3, 0.4) is 0 Å². The van der Waals surface area contributed by atoms with Gasteiger partial charge in [-0.05, 0) is 18.1 Å². The van der Waals surface area contributed by atoms with Gasteiger partial charge in [-0.1, -0.05) is 60.7 Å². The first-order valence-electron chi connectivity index (χ1n) is 10.0. The summed E-state index contributed by atoms with van der Waals surface area (Å²) in [5.41, 5.74) is 1.74. The van der Waals surface area contributed by atoms with Gasteiger partial charge in [0.15, 0.2) is 0 Å². The minimum atomic E-state index is -0.793. The quantitative estimate of drug-likeness (QED) is 0.392. The average molecular weight is 459 g/mol. The first-order valence-corrected chi connectivity index (χ1v) is 11.4. The summed E-state index contributed by atoms with van der Waals surface area (Å²) >= 11 is 7.66. The third-order valence-electron chi connectivity index (χ3n) is 5.56. The van der Waals surface area contributed by atoms with Crippen LogP contribution in [-0.2, 0) is 32.1 Å². The van der Waals surface area contributed by atoms with Crippen molar-refractivity contribution in [3.63, 3.8) is 0 Å². The molecule has 2 saturated heterocycles. The number of alkyl halides is 1. The first kappa shape index (κ1) is 21.7. The standard InChI is InChI=1S/C23H23ClN2O4S/c1-23(14-24)19(22(29)30-13-16-10-6-3-7-11-16)26-20(28)18(21(26)31-23)25-17(27)12-15-8-4-2-5-9-15/h2-11,18-19,21H,12-14H2,1H3,(H,25,27)/t18-,19+,21+,23+/m1/s1. The van der Waals surface area contributed by atoms with Gasteiger partial charge in [-0.25, -0.2) is 4.79 Å². The summed E-state index contributed by atoms with van der Waals surface area (Å²) in [7, 11) is 0. The van der Waals surface area contributed by atoms with E-state index < -0.39 is 22.8 Å². The molecule has 4 rings (SSSR count). The van der Waals surface area contributed by atoms with Crippen molar-refractivity contribution < 1.29 is 19.1 Å². The van der Waals surface area contributed by atoms with Gasteiger partial charge in [-0.15, -0.1) is 23.4 Å². The van der Waals surface area contributed by atoms with E-state index in [1.54, 1.807) is 0 Å². The van der Waals surface area contributed by atoms with E-state index in [1.165, 1.54) is 16.7 Å². The molecule has 0 spiro atoms. The van der Waals surface area contributed by atoms with Crippen molar-refractivity contribution in [1.29, 1.82) is 0 Å². The molecule has 2 aromatic rings. The maximum Gasteiger partial charge on any atom is 0.330 e. The molecule has 0 unspecified atom stereocenters. The Hall–Kier alpha value is -2.51. The second kappa shape index (κ2) is 8.93. The number of nitrogens with one attached hydrogen (secondary N) is 1. The number of amides is 2. The highest BCUT2D eigenvalue weighted by atomic mass is 35.5. The molecule has 2 fully saturated rings. The summed E-state index contributed by atoms with van der Waals surface area (Å²) in [5, 5.41) is 2.48. The van der Waals surface area contributed by atoms with Crippen LogP contribution in [0.15, 0.2) is 60.7 Å². The number of nitrogens with zero attached hydrogens (tertiary/aromatic N) is 1. The summed E-state index contributed by atoms with van der Waals surface area (Å²) in [4.78, 5) is 39.7. The Morgan fingerprint density at radius 2 is 1.71 bits per heavy atom. The Balaban J connectivity index is 1.42. The highest BCUT2D eigenvalue weighted by Gasteiger charge is 2.65. The van der Waals surface area contributed by atoms with E-state index in [-0.39, 0.29) is 36.1 Å². The molecule has 8 heteroatoms. The molecule has 1 N–H and O–H groups in total. The lowest BCUT2D eigenvalue weighted by atomic mass is 9.95. The lowest BCUT2D eigenvalue weighted by Gasteiger charge is -2.44. The van der Waals surface area contributed by atoms with Gasteiger partial charge in [0.2, 0.25) is 11.8 Å². The Morgan fingerprint density at radius 1 is 1.10 bits per heavy atom. The predicted molar refractivity (Wildman–Crippen MR) is 119 cm³/mol. The molecule has 6 nitrogen and oxygen atoms in total. The predicted octanol–water partition coefficient (Wildman–Crippen LogP) is 2.74. The molecule has 2 heterocycles. The SMILES string of the molecule is C[C@@]1(CCl)S[C@H]2[C@H](NC(=O)Cc3ccccc3)C(=O)N2[C@H]1C(=O)OCc1ccccc1. The second-order valence-electron chi connectivity index (χ2n) is 7.90. The zero-order valence-electron chi connectivity index (χ0n) is 17.0.